The summed E-state index contributed by atoms with van der Waals surface area (Å²) in [4.78, 5) is 10.7. The molecule has 1 aromatic rings. The number of phenols is 1. The molecule has 1 aliphatic carbocycles. The van der Waals surface area contributed by atoms with E-state index in [1.807, 2.05) is 0 Å². The lowest BCUT2D eigenvalue weighted by Crippen LogP contribution is -2.40. The fourth-order valence-corrected chi connectivity index (χ4v) is 3.96. The number of nitrogens with zero attached hydrogens (tertiary/aromatic N) is 1. The molecule has 0 unspecified atom stereocenters. The molecule has 0 spiro atoms. The van der Waals surface area contributed by atoms with Crippen molar-refractivity contribution < 1.29 is 10.0 Å². The van der Waals surface area contributed by atoms with Crippen molar-refractivity contribution >= 4 is 11.4 Å². The average Bonchev–Trinajstić information content (AvgIpc) is 2.27. The number of nitro groups is 1. The Hall–Kier alpha value is -1.78. The number of aromatic hydroxyl groups is 1. The number of anilines is 1. The maximum Gasteiger partial charge on any atom is 0.296 e. The number of phenolic OH excluding ortho intramolecular Hbond substituents is 1. The van der Waals surface area contributed by atoms with Gasteiger partial charge < -0.3 is 10.4 Å². The van der Waals surface area contributed by atoms with Crippen LogP contribution in [-0.2, 0) is 0 Å². The second-order valence-electron chi connectivity index (χ2n) is 7.71. The van der Waals surface area contributed by atoms with Crippen LogP contribution in [-0.4, -0.2) is 16.1 Å². The molecule has 0 saturated heterocycles. The van der Waals surface area contributed by atoms with E-state index in [4.69, 9.17) is 0 Å². The lowest BCUT2D eigenvalue weighted by atomic mass is 9.63. The third-order valence-electron chi connectivity index (χ3n) is 4.09. The molecule has 0 aliphatic heterocycles. The van der Waals surface area contributed by atoms with Gasteiger partial charge in [0, 0.05) is 6.04 Å². The topological polar surface area (TPSA) is 75.4 Å². The fourth-order valence-electron chi connectivity index (χ4n) is 3.96. The smallest absolute Gasteiger partial charge is 0.296 e. The van der Waals surface area contributed by atoms with Gasteiger partial charge in [0.2, 0.25) is 0 Å². The van der Waals surface area contributed by atoms with Crippen molar-refractivity contribution in [1.29, 1.82) is 0 Å². The van der Waals surface area contributed by atoms with Crippen molar-refractivity contribution in [3.63, 3.8) is 0 Å². The molecule has 1 saturated carbocycles. The molecule has 2 N–H and O–H groups in total. The van der Waals surface area contributed by atoms with Crippen LogP contribution in [0.2, 0.25) is 0 Å². The Balaban J connectivity index is 2.24. The lowest BCUT2D eigenvalue weighted by Gasteiger charge is -2.45. The zero-order valence-corrected chi connectivity index (χ0v) is 13.1. The van der Waals surface area contributed by atoms with Crippen LogP contribution < -0.4 is 5.32 Å². The standard InChI is InChI=1S/C16H24N2O3/c1-15(2)8-11(9-16(3,4)10-15)17-13-6-5-12(19)7-14(13)18(20)21/h5-7,11,17,19H,8-10H2,1-4H3. The van der Waals surface area contributed by atoms with Crippen molar-refractivity contribution in [3.05, 3.63) is 28.3 Å². The molecule has 0 bridgehead atoms. The van der Waals surface area contributed by atoms with E-state index in [9.17, 15) is 15.2 Å². The molecule has 0 heterocycles. The Bertz CT molecular complexity index is 536. The van der Waals surface area contributed by atoms with Crippen molar-refractivity contribution in [3.8, 4) is 5.75 Å². The molecule has 1 fully saturated rings. The van der Waals surface area contributed by atoms with Crippen LogP contribution in [0.5, 0.6) is 5.75 Å². The summed E-state index contributed by atoms with van der Waals surface area (Å²) in [7, 11) is 0. The van der Waals surface area contributed by atoms with Gasteiger partial charge in [-0.3, -0.25) is 10.1 Å². The third-order valence-corrected chi connectivity index (χ3v) is 4.09. The molecule has 1 aliphatic rings. The average molecular weight is 292 g/mol. The summed E-state index contributed by atoms with van der Waals surface area (Å²) in [5.74, 6) is -0.0865. The van der Waals surface area contributed by atoms with E-state index in [1.54, 1.807) is 6.07 Å². The van der Waals surface area contributed by atoms with Crippen molar-refractivity contribution in [2.24, 2.45) is 10.8 Å². The van der Waals surface area contributed by atoms with E-state index in [2.05, 4.69) is 33.0 Å². The molecular formula is C16H24N2O3. The number of hydrogen-bond donors (Lipinski definition) is 2. The van der Waals surface area contributed by atoms with Gasteiger partial charge in [-0.05, 0) is 42.2 Å². The minimum Gasteiger partial charge on any atom is -0.508 e. The summed E-state index contributed by atoms with van der Waals surface area (Å²) in [6, 6.07) is 4.46. The Labute approximate surface area is 125 Å². The first-order chi connectivity index (χ1) is 9.58. The van der Waals surface area contributed by atoms with Crippen LogP contribution in [0.3, 0.4) is 0 Å². The van der Waals surface area contributed by atoms with Crippen LogP contribution in [0, 0.1) is 20.9 Å². The molecule has 5 heteroatoms. The van der Waals surface area contributed by atoms with E-state index >= 15 is 0 Å². The lowest BCUT2D eigenvalue weighted by molar-refractivity contribution is -0.384. The van der Waals surface area contributed by atoms with E-state index < -0.39 is 4.92 Å². The second kappa shape index (κ2) is 5.20. The summed E-state index contributed by atoms with van der Waals surface area (Å²) in [6.07, 6.45) is 3.11. The molecular weight excluding hydrogens is 268 g/mol. The summed E-state index contributed by atoms with van der Waals surface area (Å²) in [6.45, 7) is 8.98. The number of hydrogen-bond acceptors (Lipinski definition) is 4. The molecule has 1 aromatic carbocycles. The van der Waals surface area contributed by atoms with Gasteiger partial charge in [-0.15, -0.1) is 0 Å². The van der Waals surface area contributed by atoms with Gasteiger partial charge in [0.15, 0.2) is 0 Å². The molecule has 0 amide bonds. The molecule has 116 valence electrons. The van der Waals surface area contributed by atoms with Crippen LogP contribution in [0.15, 0.2) is 18.2 Å². The van der Waals surface area contributed by atoms with Gasteiger partial charge in [0.25, 0.3) is 5.69 Å². The summed E-state index contributed by atoms with van der Waals surface area (Å²) in [5.41, 5.74) is 0.837. The fraction of sp³-hybridized carbons (Fsp3) is 0.625. The summed E-state index contributed by atoms with van der Waals surface area (Å²) < 4.78 is 0. The van der Waals surface area contributed by atoms with Gasteiger partial charge in [-0.2, -0.15) is 0 Å². The molecule has 5 nitrogen and oxygen atoms in total. The quantitative estimate of drug-likeness (QED) is 0.494. The highest BCUT2D eigenvalue weighted by Gasteiger charge is 2.38. The first-order valence-electron chi connectivity index (χ1n) is 7.32. The van der Waals surface area contributed by atoms with Crippen LogP contribution >= 0.6 is 0 Å². The van der Waals surface area contributed by atoms with E-state index in [0.717, 1.165) is 19.3 Å². The second-order valence-corrected chi connectivity index (χ2v) is 7.71. The monoisotopic (exact) mass is 292 g/mol. The summed E-state index contributed by atoms with van der Waals surface area (Å²) in [5, 5.41) is 23.9. The maximum atomic E-state index is 11.1. The molecule has 21 heavy (non-hydrogen) atoms. The predicted molar refractivity (Wildman–Crippen MR) is 83.6 cm³/mol. The minimum atomic E-state index is -0.457. The van der Waals surface area contributed by atoms with Crippen LogP contribution in [0.4, 0.5) is 11.4 Å². The number of rotatable bonds is 3. The van der Waals surface area contributed by atoms with Gasteiger partial charge in [-0.25, -0.2) is 0 Å². The molecule has 0 radical (unpaired) electrons. The highest BCUT2D eigenvalue weighted by molar-refractivity contribution is 5.64. The zero-order chi connectivity index (χ0) is 15.8. The highest BCUT2D eigenvalue weighted by atomic mass is 16.6. The number of benzene rings is 1. The first-order valence-corrected chi connectivity index (χ1v) is 7.32. The van der Waals surface area contributed by atoms with E-state index in [-0.39, 0.29) is 28.3 Å². The molecule has 0 aromatic heterocycles. The number of nitrogens with one attached hydrogen (secondary N) is 1. The minimum absolute atomic E-state index is 0.0730. The highest BCUT2D eigenvalue weighted by Crippen LogP contribution is 2.46. The number of nitro benzene ring substituents is 1. The predicted octanol–water partition coefficient (Wildman–Crippen LogP) is 4.32. The zero-order valence-electron chi connectivity index (χ0n) is 13.1. The SMILES string of the molecule is CC1(C)CC(Nc2ccc(O)cc2[N+](=O)[O-])CC(C)(C)C1. The Morgan fingerprint density at radius 3 is 2.33 bits per heavy atom. The van der Waals surface area contributed by atoms with Gasteiger partial charge in [0.05, 0.1) is 11.0 Å². The summed E-state index contributed by atoms with van der Waals surface area (Å²) >= 11 is 0. The Morgan fingerprint density at radius 2 is 1.81 bits per heavy atom. The van der Waals surface area contributed by atoms with Crippen LogP contribution in [0.1, 0.15) is 47.0 Å². The van der Waals surface area contributed by atoms with Crippen molar-refractivity contribution in [1.82, 2.24) is 0 Å². The van der Waals surface area contributed by atoms with Crippen molar-refractivity contribution in [2.45, 2.75) is 53.0 Å². The largest absolute Gasteiger partial charge is 0.508 e. The Kier molecular flexibility index (Phi) is 3.87. The first kappa shape index (κ1) is 15.6. The Morgan fingerprint density at radius 1 is 1.24 bits per heavy atom. The van der Waals surface area contributed by atoms with E-state index in [0.29, 0.717) is 5.69 Å². The normalized spacial score (nSPS) is 21.0. The molecule has 2 rings (SSSR count). The van der Waals surface area contributed by atoms with Crippen molar-refractivity contribution in [2.75, 3.05) is 5.32 Å². The van der Waals surface area contributed by atoms with Gasteiger partial charge in [-0.1, -0.05) is 27.7 Å². The third kappa shape index (κ3) is 3.86. The maximum absolute atomic E-state index is 11.1. The van der Waals surface area contributed by atoms with E-state index in [1.165, 1.54) is 12.1 Å². The van der Waals surface area contributed by atoms with Gasteiger partial charge in [0.1, 0.15) is 11.4 Å². The molecule has 0 atom stereocenters. The van der Waals surface area contributed by atoms with Crippen LogP contribution in [0.25, 0.3) is 0 Å². The van der Waals surface area contributed by atoms with Gasteiger partial charge >= 0.3 is 0 Å².